The summed E-state index contributed by atoms with van der Waals surface area (Å²) in [5.74, 6) is 1.70. The molecule has 2 rings (SSSR count). The molecule has 0 radical (unpaired) electrons. The molecule has 144 valence electrons. The molecule has 0 aliphatic carbocycles. The fourth-order valence-electron chi connectivity index (χ4n) is 2.83. The Morgan fingerprint density at radius 3 is 2.37 bits per heavy atom. The maximum atomic E-state index is 13.2. The highest BCUT2D eigenvalue weighted by atomic mass is 16.5. The fourth-order valence-corrected chi connectivity index (χ4v) is 2.83. The second-order valence-corrected chi connectivity index (χ2v) is 6.05. The molecule has 0 heterocycles. The standard InChI is InChI=1S/C22H27NO4/c1-5-7-16(12-15-8-10-21(27-6-2)19(23)13-15)22(24)18-14-17(25-3)9-11-20(18)26-4/h8-14H,5-7,23H2,1-4H3. The molecule has 0 amide bonds. The van der Waals surface area contributed by atoms with Gasteiger partial charge in [0, 0.05) is 5.57 Å². The fraction of sp³-hybridized carbons (Fsp3) is 0.318. The summed E-state index contributed by atoms with van der Waals surface area (Å²) in [6.07, 6.45) is 3.36. The first-order chi connectivity index (χ1) is 13.0. The van der Waals surface area contributed by atoms with Crippen LogP contribution < -0.4 is 19.9 Å². The van der Waals surface area contributed by atoms with E-state index in [0.717, 1.165) is 12.0 Å². The maximum Gasteiger partial charge on any atom is 0.192 e. The van der Waals surface area contributed by atoms with Gasteiger partial charge in [0.1, 0.15) is 17.2 Å². The molecule has 0 aliphatic rings. The molecule has 0 fully saturated rings. The van der Waals surface area contributed by atoms with E-state index in [1.54, 1.807) is 32.4 Å². The van der Waals surface area contributed by atoms with Crippen LogP contribution in [0, 0.1) is 0 Å². The molecule has 27 heavy (non-hydrogen) atoms. The van der Waals surface area contributed by atoms with Crippen LogP contribution in [-0.4, -0.2) is 26.6 Å². The SMILES string of the molecule is CCCC(=Cc1ccc(OCC)c(N)c1)C(=O)c1cc(OC)ccc1OC. The average molecular weight is 369 g/mol. The minimum Gasteiger partial charge on any atom is -0.497 e. The number of hydrogen-bond acceptors (Lipinski definition) is 5. The van der Waals surface area contributed by atoms with Gasteiger partial charge in [-0.15, -0.1) is 0 Å². The molecular weight excluding hydrogens is 342 g/mol. The first-order valence-corrected chi connectivity index (χ1v) is 9.03. The number of methoxy groups -OCH3 is 2. The third kappa shape index (κ3) is 5.03. The minimum absolute atomic E-state index is 0.0833. The van der Waals surface area contributed by atoms with Gasteiger partial charge in [0.05, 0.1) is 32.1 Å². The summed E-state index contributed by atoms with van der Waals surface area (Å²) in [7, 11) is 3.12. The van der Waals surface area contributed by atoms with Crippen molar-refractivity contribution in [2.75, 3.05) is 26.6 Å². The summed E-state index contributed by atoms with van der Waals surface area (Å²) in [4.78, 5) is 13.2. The molecular formula is C22H27NO4. The lowest BCUT2D eigenvalue weighted by molar-refractivity contribution is 0.102. The molecule has 2 aromatic carbocycles. The summed E-state index contributed by atoms with van der Waals surface area (Å²) in [6, 6.07) is 10.8. The highest BCUT2D eigenvalue weighted by Gasteiger charge is 2.18. The number of allylic oxidation sites excluding steroid dienone is 1. The number of Topliss-reactive ketones (excluding diaryl/α,β-unsaturated/α-hetero) is 1. The molecule has 0 saturated heterocycles. The van der Waals surface area contributed by atoms with E-state index in [9.17, 15) is 4.79 Å². The number of hydrogen-bond donors (Lipinski definition) is 1. The summed E-state index contributed by atoms with van der Waals surface area (Å²) in [5, 5.41) is 0. The van der Waals surface area contributed by atoms with Gasteiger partial charge in [0.2, 0.25) is 0 Å². The maximum absolute atomic E-state index is 13.2. The Kier molecular flexibility index (Phi) is 7.29. The Hall–Kier alpha value is -2.95. The third-order valence-electron chi connectivity index (χ3n) is 4.14. The topological polar surface area (TPSA) is 70.8 Å². The summed E-state index contributed by atoms with van der Waals surface area (Å²) < 4.78 is 16.1. The summed E-state index contributed by atoms with van der Waals surface area (Å²) in [6.45, 7) is 4.50. The Balaban J connectivity index is 2.43. The van der Waals surface area contributed by atoms with Gasteiger partial charge in [0.15, 0.2) is 5.78 Å². The van der Waals surface area contributed by atoms with Crippen LogP contribution in [0.25, 0.3) is 6.08 Å². The van der Waals surface area contributed by atoms with Crippen molar-refractivity contribution in [3.63, 3.8) is 0 Å². The first kappa shape index (κ1) is 20.4. The van der Waals surface area contributed by atoms with Crippen molar-refractivity contribution in [3.8, 4) is 17.2 Å². The zero-order valence-corrected chi connectivity index (χ0v) is 16.4. The third-order valence-corrected chi connectivity index (χ3v) is 4.14. The zero-order valence-electron chi connectivity index (χ0n) is 16.4. The second kappa shape index (κ2) is 9.67. The van der Waals surface area contributed by atoms with E-state index in [4.69, 9.17) is 19.9 Å². The van der Waals surface area contributed by atoms with Crippen molar-refractivity contribution in [1.29, 1.82) is 0 Å². The summed E-state index contributed by atoms with van der Waals surface area (Å²) in [5.41, 5.74) is 8.63. The van der Waals surface area contributed by atoms with Crippen molar-refractivity contribution in [2.24, 2.45) is 0 Å². The molecule has 2 aromatic rings. The van der Waals surface area contributed by atoms with Crippen LogP contribution >= 0.6 is 0 Å². The average Bonchev–Trinajstić information content (AvgIpc) is 2.68. The number of carbonyl (C=O) groups is 1. The van der Waals surface area contributed by atoms with Crippen LogP contribution in [0.3, 0.4) is 0 Å². The van der Waals surface area contributed by atoms with Crippen LogP contribution in [0.15, 0.2) is 42.0 Å². The number of nitrogens with two attached hydrogens (primary N) is 1. The monoisotopic (exact) mass is 369 g/mol. The number of nitrogen functional groups attached to an aromatic ring is 1. The van der Waals surface area contributed by atoms with E-state index in [0.29, 0.717) is 47.1 Å². The summed E-state index contributed by atoms with van der Waals surface area (Å²) >= 11 is 0. The molecule has 0 spiro atoms. The van der Waals surface area contributed by atoms with Gasteiger partial charge in [-0.2, -0.15) is 0 Å². The largest absolute Gasteiger partial charge is 0.497 e. The number of carbonyl (C=O) groups excluding carboxylic acids is 1. The van der Waals surface area contributed by atoms with Crippen LogP contribution in [0.2, 0.25) is 0 Å². The van der Waals surface area contributed by atoms with Gasteiger partial charge in [0.25, 0.3) is 0 Å². The molecule has 0 atom stereocenters. The van der Waals surface area contributed by atoms with Crippen LogP contribution in [0.5, 0.6) is 17.2 Å². The molecule has 2 N–H and O–H groups in total. The van der Waals surface area contributed by atoms with Crippen LogP contribution in [0.1, 0.15) is 42.6 Å². The van der Waals surface area contributed by atoms with Crippen molar-refractivity contribution in [2.45, 2.75) is 26.7 Å². The number of ketones is 1. The molecule has 5 heteroatoms. The lowest BCUT2D eigenvalue weighted by atomic mass is 9.96. The van der Waals surface area contributed by atoms with Crippen molar-refractivity contribution >= 4 is 17.5 Å². The lowest BCUT2D eigenvalue weighted by Gasteiger charge is -2.12. The molecule has 0 bridgehead atoms. The minimum atomic E-state index is -0.0833. The highest BCUT2D eigenvalue weighted by molar-refractivity contribution is 6.13. The van der Waals surface area contributed by atoms with Crippen molar-refractivity contribution < 1.29 is 19.0 Å². The second-order valence-electron chi connectivity index (χ2n) is 6.05. The van der Waals surface area contributed by atoms with E-state index in [1.165, 1.54) is 0 Å². The highest BCUT2D eigenvalue weighted by Crippen LogP contribution is 2.29. The van der Waals surface area contributed by atoms with Gasteiger partial charge in [-0.1, -0.05) is 19.4 Å². The molecule has 0 aliphatic heterocycles. The predicted octanol–water partition coefficient (Wildman–Crippen LogP) is 4.75. The molecule has 0 unspecified atom stereocenters. The Morgan fingerprint density at radius 1 is 1.04 bits per heavy atom. The Labute approximate surface area is 160 Å². The van der Waals surface area contributed by atoms with E-state index >= 15 is 0 Å². The first-order valence-electron chi connectivity index (χ1n) is 9.03. The number of benzene rings is 2. The smallest absolute Gasteiger partial charge is 0.192 e. The molecule has 0 saturated carbocycles. The van der Waals surface area contributed by atoms with E-state index < -0.39 is 0 Å². The Morgan fingerprint density at radius 2 is 1.78 bits per heavy atom. The number of anilines is 1. The quantitative estimate of drug-likeness (QED) is 0.392. The van der Waals surface area contributed by atoms with E-state index in [-0.39, 0.29) is 5.78 Å². The Bertz CT molecular complexity index is 827. The van der Waals surface area contributed by atoms with Gasteiger partial charge in [-0.05, 0) is 55.3 Å². The van der Waals surface area contributed by atoms with Crippen LogP contribution in [-0.2, 0) is 0 Å². The van der Waals surface area contributed by atoms with Gasteiger partial charge >= 0.3 is 0 Å². The molecule has 0 aromatic heterocycles. The van der Waals surface area contributed by atoms with Gasteiger partial charge < -0.3 is 19.9 Å². The molecule has 5 nitrogen and oxygen atoms in total. The van der Waals surface area contributed by atoms with Crippen molar-refractivity contribution in [1.82, 2.24) is 0 Å². The van der Waals surface area contributed by atoms with Crippen LogP contribution in [0.4, 0.5) is 5.69 Å². The normalized spacial score (nSPS) is 11.2. The van der Waals surface area contributed by atoms with Gasteiger partial charge in [-0.3, -0.25) is 4.79 Å². The number of ether oxygens (including phenoxy) is 3. The van der Waals surface area contributed by atoms with E-state index in [2.05, 4.69) is 0 Å². The predicted molar refractivity (Wildman–Crippen MR) is 109 cm³/mol. The van der Waals surface area contributed by atoms with Gasteiger partial charge in [-0.25, -0.2) is 0 Å². The van der Waals surface area contributed by atoms with E-state index in [1.807, 2.05) is 38.1 Å². The number of rotatable bonds is 9. The zero-order chi connectivity index (χ0) is 19.8. The lowest BCUT2D eigenvalue weighted by Crippen LogP contribution is -2.06. The van der Waals surface area contributed by atoms with Crippen molar-refractivity contribution in [3.05, 3.63) is 53.1 Å².